The zero-order valence-corrected chi connectivity index (χ0v) is 23.8. The molecule has 2 N–H and O–H groups in total. The molecule has 0 atom stereocenters. The van der Waals surface area contributed by atoms with E-state index in [2.05, 4.69) is 5.32 Å². The molecule has 216 valence electrons. The minimum absolute atomic E-state index is 0.0706. The topological polar surface area (TPSA) is 95.9 Å². The number of carboxylic acid groups (broad SMARTS) is 1. The van der Waals surface area contributed by atoms with E-state index in [0.29, 0.717) is 54.8 Å². The summed E-state index contributed by atoms with van der Waals surface area (Å²) in [5.74, 6) is -0.699. The molecule has 0 unspecified atom stereocenters. The maximum atomic E-state index is 13.9. The van der Waals surface area contributed by atoms with Gasteiger partial charge in [0.1, 0.15) is 5.75 Å². The van der Waals surface area contributed by atoms with Crippen LogP contribution in [0, 0.1) is 0 Å². The second-order valence-corrected chi connectivity index (χ2v) is 9.85. The molecule has 0 saturated carbocycles. The normalized spacial score (nSPS) is 10.6. The van der Waals surface area contributed by atoms with Crippen LogP contribution < -0.4 is 10.1 Å². The van der Waals surface area contributed by atoms with E-state index >= 15 is 0 Å². The summed E-state index contributed by atoms with van der Waals surface area (Å²) in [6, 6.07) is 32.0. The van der Waals surface area contributed by atoms with E-state index in [1.54, 1.807) is 29.2 Å². The van der Waals surface area contributed by atoms with Crippen molar-refractivity contribution in [2.24, 2.45) is 0 Å². The van der Waals surface area contributed by atoms with Crippen molar-refractivity contribution in [3.63, 3.8) is 0 Å². The standard InChI is InChI=1S/C35H36N2O5/c1-2-42-28-18-16-27(17-19-28)21-24-37(25-22-33(38)39)35(41)32-15-9-7-13-30(32)29-12-6-8-14-31(29)34(40)36-23-20-26-10-4-3-5-11-26/h3-19H,2,20-25H2,1H3,(H,36,40)(H,38,39). The zero-order chi connectivity index (χ0) is 29.7. The number of aliphatic carboxylic acids is 1. The van der Waals surface area contributed by atoms with E-state index in [1.165, 1.54) is 0 Å². The van der Waals surface area contributed by atoms with Crippen LogP contribution in [-0.2, 0) is 17.6 Å². The fraction of sp³-hybridized carbons (Fsp3) is 0.229. The fourth-order valence-electron chi connectivity index (χ4n) is 4.78. The number of nitrogens with one attached hydrogen (secondary N) is 1. The van der Waals surface area contributed by atoms with Crippen LogP contribution in [0.2, 0.25) is 0 Å². The number of rotatable bonds is 14. The van der Waals surface area contributed by atoms with Crippen LogP contribution in [0.25, 0.3) is 11.1 Å². The lowest BCUT2D eigenvalue weighted by atomic mass is 9.94. The van der Waals surface area contributed by atoms with Crippen molar-refractivity contribution < 1.29 is 24.2 Å². The number of hydrogen-bond acceptors (Lipinski definition) is 4. The Morgan fingerprint density at radius 2 is 1.31 bits per heavy atom. The molecule has 4 aromatic rings. The third-order valence-corrected chi connectivity index (χ3v) is 6.95. The average Bonchev–Trinajstić information content (AvgIpc) is 3.02. The molecule has 7 heteroatoms. The highest BCUT2D eigenvalue weighted by Gasteiger charge is 2.22. The van der Waals surface area contributed by atoms with Crippen LogP contribution >= 0.6 is 0 Å². The van der Waals surface area contributed by atoms with Gasteiger partial charge >= 0.3 is 5.97 Å². The van der Waals surface area contributed by atoms with Gasteiger partial charge in [-0.3, -0.25) is 14.4 Å². The molecule has 0 aliphatic heterocycles. The number of hydrogen-bond donors (Lipinski definition) is 2. The monoisotopic (exact) mass is 564 g/mol. The molecule has 4 aromatic carbocycles. The van der Waals surface area contributed by atoms with Gasteiger partial charge in [0.25, 0.3) is 11.8 Å². The van der Waals surface area contributed by atoms with Gasteiger partial charge in [-0.25, -0.2) is 0 Å². The SMILES string of the molecule is CCOc1ccc(CCN(CCC(=O)O)C(=O)c2ccccc2-c2ccccc2C(=O)NCCc2ccccc2)cc1. The molecule has 0 aliphatic carbocycles. The molecular weight excluding hydrogens is 528 g/mol. The van der Waals surface area contributed by atoms with Crippen molar-refractivity contribution >= 4 is 17.8 Å². The Hall–Kier alpha value is -4.91. The summed E-state index contributed by atoms with van der Waals surface area (Å²) in [5, 5.41) is 12.4. The van der Waals surface area contributed by atoms with E-state index in [9.17, 15) is 19.5 Å². The Morgan fingerprint density at radius 3 is 1.98 bits per heavy atom. The van der Waals surface area contributed by atoms with Crippen LogP contribution in [0.5, 0.6) is 5.75 Å². The van der Waals surface area contributed by atoms with Crippen molar-refractivity contribution in [2.75, 3.05) is 26.2 Å². The van der Waals surface area contributed by atoms with Gasteiger partial charge < -0.3 is 20.1 Å². The smallest absolute Gasteiger partial charge is 0.305 e. The van der Waals surface area contributed by atoms with Crippen molar-refractivity contribution in [1.82, 2.24) is 10.2 Å². The number of carbonyl (C=O) groups excluding carboxylic acids is 2. The summed E-state index contributed by atoms with van der Waals surface area (Å²) >= 11 is 0. The molecule has 0 radical (unpaired) electrons. The predicted molar refractivity (Wildman–Crippen MR) is 164 cm³/mol. The second-order valence-electron chi connectivity index (χ2n) is 9.85. The lowest BCUT2D eigenvalue weighted by molar-refractivity contribution is -0.137. The minimum atomic E-state index is -0.973. The molecule has 0 aromatic heterocycles. The van der Waals surface area contributed by atoms with Crippen molar-refractivity contribution in [3.8, 4) is 16.9 Å². The number of carboxylic acids is 1. The Balaban J connectivity index is 1.54. The first-order valence-corrected chi connectivity index (χ1v) is 14.2. The summed E-state index contributed by atoms with van der Waals surface area (Å²) in [7, 11) is 0. The molecule has 0 bridgehead atoms. The van der Waals surface area contributed by atoms with Gasteiger partial charge in [0, 0.05) is 30.8 Å². The van der Waals surface area contributed by atoms with Gasteiger partial charge in [0.15, 0.2) is 0 Å². The van der Waals surface area contributed by atoms with Crippen LogP contribution in [0.3, 0.4) is 0 Å². The molecule has 7 nitrogen and oxygen atoms in total. The Labute approximate surface area is 246 Å². The van der Waals surface area contributed by atoms with E-state index in [-0.39, 0.29) is 24.8 Å². The van der Waals surface area contributed by atoms with Crippen molar-refractivity contribution in [3.05, 3.63) is 125 Å². The summed E-state index contributed by atoms with van der Waals surface area (Å²) in [6.07, 6.45) is 1.09. The molecular formula is C35H36N2O5. The molecule has 42 heavy (non-hydrogen) atoms. The van der Waals surface area contributed by atoms with E-state index < -0.39 is 5.97 Å². The van der Waals surface area contributed by atoms with Gasteiger partial charge in [-0.1, -0.05) is 78.9 Å². The first kappa shape index (κ1) is 30.1. The lowest BCUT2D eigenvalue weighted by Gasteiger charge is -2.24. The van der Waals surface area contributed by atoms with Crippen LogP contribution in [-0.4, -0.2) is 54.0 Å². The number of nitrogens with zero attached hydrogens (tertiary/aromatic N) is 1. The first-order valence-electron chi connectivity index (χ1n) is 14.2. The van der Waals surface area contributed by atoms with Gasteiger partial charge in [-0.15, -0.1) is 0 Å². The molecule has 0 aliphatic rings. The fourth-order valence-corrected chi connectivity index (χ4v) is 4.78. The third-order valence-electron chi connectivity index (χ3n) is 6.95. The summed E-state index contributed by atoms with van der Waals surface area (Å²) < 4.78 is 5.51. The van der Waals surface area contributed by atoms with E-state index in [0.717, 1.165) is 16.9 Å². The number of ether oxygens (including phenoxy) is 1. The Kier molecular flexibility index (Phi) is 10.9. The maximum absolute atomic E-state index is 13.9. The lowest BCUT2D eigenvalue weighted by Crippen LogP contribution is -2.35. The number of amides is 2. The molecule has 2 amide bonds. The minimum Gasteiger partial charge on any atom is -0.494 e. The molecule has 0 fully saturated rings. The van der Waals surface area contributed by atoms with Gasteiger partial charge in [-0.05, 0) is 66.3 Å². The van der Waals surface area contributed by atoms with Gasteiger partial charge in [0.2, 0.25) is 0 Å². The highest BCUT2D eigenvalue weighted by atomic mass is 16.5. The van der Waals surface area contributed by atoms with Crippen LogP contribution in [0.4, 0.5) is 0 Å². The van der Waals surface area contributed by atoms with Gasteiger partial charge in [0.05, 0.1) is 13.0 Å². The highest BCUT2D eigenvalue weighted by Crippen LogP contribution is 2.28. The molecule has 4 rings (SSSR count). The largest absolute Gasteiger partial charge is 0.494 e. The summed E-state index contributed by atoms with van der Waals surface area (Å²) in [6.45, 7) is 3.40. The average molecular weight is 565 g/mol. The van der Waals surface area contributed by atoms with Crippen molar-refractivity contribution in [2.45, 2.75) is 26.2 Å². The molecule has 0 saturated heterocycles. The summed E-state index contributed by atoms with van der Waals surface area (Å²) in [5.41, 5.74) is 4.29. The van der Waals surface area contributed by atoms with Crippen molar-refractivity contribution in [1.29, 1.82) is 0 Å². The van der Waals surface area contributed by atoms with Crippen LogP contribution in [0.15, 0.2) is 103 Å². The highest BCUT2D eigenvalue weighted by molar-refractivity contribution is 6.06. The molecule has 0 heterocycles. The predicted octanol–water partition coefficient (Wildman–Crippen LogP) is 5.88. The second kappa shape index (κ2) is 15.2. The molecule has 0 spiro atoms. The van der Waals surface area contributed by atoms with Crippen LogP contribution in [0.1, 0.15) is 45.2 Å². The van der Waals surface area contributed by atoms with Gasteiger partial charge in [-0.2, -0.15) is 0 Å². The zero-order valence-electron chi connectivity index (χ0n) is 23.8. The number of carbonyl (C=O) groups is 3. The Bertz CT molecular complexity index is 1490. The third kappa shape index (κ3) is 8.30. The number of benzene rings is 4. The van der Waals surface area contributed by atoms with E-state index in [4.69, 9.17) is 4.74 Å². The Morgan fingerprint density at radius 1 is 0.714 bits per heavy atom. The summed E-state index contributed by atoms with van der Waals surface area (Å²) in [4.78, 5) is 40.2. The quantitative estimate of drug-likeness (QED) is 0.199. The van der Waals surface area contributed by atoms with E-state index in [1.807, 2.05) is 85.8 Å². The first-order chi connectivity index (χ1) is 20.5. The maximum Gasteiger partial charge on any atom is 0.305 e.